The predicted octanol–water partition coefficient (Wildman–Crippen LogP) is 3.55. The van der Waals surface area contributed by atoms with Gasteiger partial charge in [0.05, 0.1) is 0 Å². The molecule has 2 nitrogen and oxygen atoms in total. The summed E-state index contributed by atoms with van der Waals surface area (Å²) in [5.74, 6) is 0. The van der Waals surface area contributed by atoms with E-state index in [0.717, 1.165) is 12.6 Å². The van der Waals surface area contributed by atoms with Gasteiger partial charge in [-0.05, 0) is 50.6 Å². The summed E-state index contributed by atoms with van der Waals surface area (Å²) in [6.45, 7) is 5.84. The Morgan fingerprint density at radius 3 is 2.56 bits per heavy atom. The van der Waals surface area contributed by atoms with Crippen molar-refractivity contribution in [2.75, 3.05) is 19.6 Å². The van der Waals surface area contributed by atoms with Gasteiger partial charge in [-0.1, -0.05) is 39.0 Å². The highest BCUT2D eigenvalue weighted by molar-refractivity contribution is 4.89. The van der Waals surface area contributed by atoms with Gasteiger partial charge in [0, 0.05) is 12.6 Å². The third-order valence-corrected chi connectivity index (χ3v) is 5.26. The van der Waals surface area contributed by atoms with Crippen molar-refractivity contribution >= 4 is 0 Å². The number of nitrogens with two attached hydrogens (primary N) is 1. The first-order valence-electron chi connectivity index (χ1n) is 8.24. The monoisotopic (exact) mass is 252 g/mol. The maximum atomic E-state index is 6.15. The van der Waals surface area contributed by atoms with Crippen molar-refractivity contribution in [3.63, 3.8) is 0 Å². The molecule has 1 saturated heterocycles. The first kappa shape index (κ1) is 14.3. The molecule has 1 aliphatic carbocycles. The van der Waals surface area contributed by atoms with E-state index in [1.807, 2.05) is 0 Å². The molecule has 2 aliphatic rings. The zero-order valence-corrected chi connectivity index (χ0v) is 12.3. The Kier molecular flexibility index (Phi) is 5.50. The minimum Gasteiger partial charge on any atom is -0.330 e. The summed E-state index contributed by atoms with van der Waals surface area (Å²) in [5, 5.41) is 0. The fourth-order valence-corrected chi connectivity index (χ4v) is 4.09. The van der Waals surface area contributed by atoms with E-state index in [-0.39, 0.29) is 0 Å². The molecule has 1 heterocycles. The molecule has 0 radical (unpaired) electrons. The van der Waals surface area contributed by atoms with E-state index in [4.69, 9.17) is 5.73 Å². The van der Waals surface area contributed by atoms with Crippen LogP contribution in [0.25, 0.3) is 0 Å². The molecule has 0 aromatic rings. The highest BCUT2D eigenvalue weighted by Gasteiger charge is 2.35. The van der Waals surface area contributed by atoms with Crippen LogP contribution in [0.4, 0.5) is 0 Å². The van der Waals surface area contributed by atoms with Gasteiger partial charge >= 0.3 is 0 Å². The molecular weight excluding hydrogens is 220 g/mol. The smallest absolute Gasteiger partial charge is 0.00954 e. The van der Waals surface area contributed by atoms with Crippen LogP contribution in [0, 0.1) is 5.41 Å². The molecule has 2 fully saturated rings. The normalized spacial score (nSPS) is 29.3. The number of rotatable bonds is 5. The summed E-state index contributed by atoms with van der Waals surface area (Å²) in [6.07, 6.45) is 14.0. The van der Waals surface area contributed by atoms with Gasteiger partial charge in [0.2, 0.25) is 0 Å². The van der Waals surface area contributed by atoms with E-state index in [0.29, 0.717) is 5.41 Å². The van der Waals surface area contributed by atoms with Crippen LogP contribution in [0.1, 0.15) is 71.1 Å². The number of hydrogen-bond acceptors (Lipinski definition) is 2. The van der Waals surface area contributed by atoms with Crippen LogP contribution >= 0.6 is 0 Å². The lowest BCUT2D eigenvalue weighted by molar-refractivity contribution is 0.0565. The second kappa shape index (κ2) is 6.91. The molecule has 0 aromatic carbocycles. The molecule has 2 heteroatoms. The third-order valence-electron chi connectivity index (χ3n) is 5.26. The Balaban J connectivity index is 1.95. The van der Waals surface area contributed by atoms with Crippen molar-refractivity contribution in [3.8, 4) is 0 Å². The van der Waals surface area contributed by atoms with Gasteiger partial charge in [-0.25, -0.2) is 0 Å². The topological polar surface area (TPSA) is 29.3 Å². The average molecular weight is 252 g/mol. The summed E-state index contributed by atoms with van der Waals surface area (Å²) < 4.78 is 0. The largest absolute Gasteiger partial charge is 0.330 e. The fourth-order valence-electron chi connectivity index (χ4n) is 4.09. The van der Waals surface area contributed by atoms with Gasteiger partial charge in [-0.2, -0.15) is 0 Å². The Hall–Kier alpha value is -0.0800. The van der Waals surface area contributed by atoms with E-state index in [9.17, 15) is 0 Å². The Morgan fingerprint density at radius 2 is 1.89 bits per heavy atom. The van der Waals surface area contributed by atoms with E-state index in [1.54, 1.807) is 0 Å². The molecule has 0 aromatic heterocycles. The summed E-state index contributed by atoms with van der Waals surface area (Å²) in [4.78, 5) is 2.80. The molecule has 2 rings (SSSR count). The lowest BCUT2D eigenvalue weighted by Crippen LogP contribution is -2.49. The first-order chi connectivity index (χ1) is 8.79. The summed E-state index contributed by atoms with van der Waals surface area (Å²) in [7, 11) is 0. The summed E-state index contributed by atoms with van der Waals surface area (Å²) in [6, 6.07) is 0.856. The lowest BCUT2D eigenvalue weighted by atomic mass is 9.73. The van der Waals surface area contributed by atoms with Crippen molar-refractivity contribution < 1.29 is 0 Å². The lowest BCUT2D eigenvalue weighted by Gasteiger charge is -2.45. The van der Waals surface area contributed by atoms with Gasteiger partial charge in [0.1, 0.15) is 0 Å². The van der Waals surface area contributed by atoms with Crippen LogP contribution in [0.3, 0.4) is 0 Å². The molecule has 1 atom stereocenters. The molecular formula is C16H32N2. The zero-order chi connectivity index (χ0) is 12.8. The van der Waals surface area contributed by atoms with Crippen LogP contribution in [0.15, 0.2) is 0 Å². The van der Waals surface area contributed by atoms with Gasteiger partial charge in [-0.3, -0.25) is 4.90 Å². The van der Waals surface area contributed by atoms with Crippen LogP contribution < -0.4 is 5.73 Å². The molecule has 0 amide bonds. The number of likely N-dealkylation sites (tertiary alicyclic amines) is 1. The number of piperidine rings is 1. The van der Waals surface area contributed by atoms with Crippen molar-refractivity contribution in [2.24, 2.45) is 11.1 Å². The third kappa shape index (κ3) is 3.48. The Bertz CT molecular complexity index is 231. The number of nitrogens with zero attached hydrogens (tertiary/aromatic N) is 1. The van der Waals surface area contributed by atoms with Crippen molar-refractivity contribution in [3.05, 3.63) is 0 Å². The number of hydrogen-bond donors (Lipinski definition) is 1. The van der Waals surface area contributed by atoms with E-state index >= 15 is 0 Å². The quantitative estimate of drug-likeness (QED) is 0.811. The van der Waals surface area contributed by atoms with Gasteiger partial charge < -0.3 is 5.73 Å². The van der Waals surface area contributed by atoms with Crippen LogP contribution in [0.2, 0.25) is 0 Å². The zero-order valence-electron chi connectivity index (χ0n) is 12.3. The van der Waals surface area contributed by atoms with Crippen molar-refractivity contribution in [1.82, 2.24) is 4.90 Å². The van der Waals surface area contributed by atoms with Gasteiger partial charge in [-0.15, -0.1) is 0 Å². The van der Waals surface area contributed by atoms with Gasteiger partial charge in [0.25, 0.3) is 0 Å². The second-order valence-electron chi connectivity index (χ2n) is 6.67. The highest BCUT2D eigenvalue weighted by Crippen LogP contribution is 2.37. The van der Waals surface area contributed by atoms with Gasteiger partial charge in [0.15, 0.2) is 0 Å². The summed E-state index contributed by atoms with van der Waals surface area (Å²) >= 11 is 0. The average Bonchev–Trinajstić information content (AvgIpc) is 2.42. The molecule has 1 aliphatic heterocycles. The maximum absolute atomic E-state index is 6.15. The Morgan fingerprint density at radius 1 is 1.11 bits per heavy atom. The predicted molar refractivity (Wildman–Crippen MR) is 78.7 cm³/mol. The molecule has 0 spiro atoms. The molecule has 1 unspecified atom stereocenters. The molecule has 1 saturated carbocycles. The fraction of sp³-hybridized carbons (Fsp3) is 1.00. The van der Waals surface area contributed by atoms with Crippen LogP contribution in [-0.4, -0.2) is 30.6 Å². The maximum Gasteiger partial charge on any atom is 0.00954 e. The van der Waals surface area contributed by atoms with E-state index in [1.165, 1.54) is 77.3 Å². The first-order valence-corrected chi connectivity index (χ1v) is 8.24. The van der Waals surface area contributed by atoms with Crippen molar-refractivity contribution in [1.29, 1.82) is 0 Å². The highest BCUT2D eigenvalue weighted by atomic mass is 15.2. The molecule has 18 heavy (non-hydrogen) atoms. The van der Waals surface area contributed by atoms with E-state index < -0.39 is 0 Å². The molecule has 2 N–H and O–H groups in total. The minimum absolute atomic E-state index is 0.460. The molecule has 0 bridgehead atoms. The van der Waals surface area contributed by atoms with Crippen LogP contribution in [0.5, 0.6) is 0 Å². The standard InChI is InChI=1S/C16H32N2/c1-2-8-15-9-4-7-12-18(15)14-16(13-17)10-5-3-6-11-16/h15H,2-14,17H2,1H3. The van der Waals surface area contributed by atoms with Crippen molar-refractivity contribution in [2.45, 2.75) is 77.2 Å². The summed E-state index contributed by atoms with van der Waals surface area (Å²) in [5.41, 5.74) is 6.61. The molecule has 106 valence electrons. The van der Waals surface area contributed by atoms with E-state index in [2.05, 4.69) is 11.8 Å². The van der Waals surface area contributed by atoms with Crippen LogP contribution in [-0.2, 0) is 0 Å². The SMILES string of the molecule is CCCC1CCCCN1CC1(CN)CCCCC1. The second-order valence-corrected chi connectivity index (χ2v) is 6.67. The Labute approximate surface area is 113 Å². The minimum atomic E-state index is 0.460.